The van der Waals surface area contributed by atoms with Gasteiger partial charge in [-0.3, -0.25) is 14.9 Å². The van der Waals surface area contributed by atoms with Crippen LogP contribution in [0, 0.1) is 16.0 Å². The second-order valence-corrected chi connectivity index (χ2v) is 7.42. The molecule has 1 atom stereocenters. The molecule has 0 aliphatic carbocycles. The molecule has 0 spiro atoms. The second-order valence-electron chi connectivity index (χ2n) is 7.42. The minimum Gasteiger partial charge on any atom is -0.360 e. The molecule has 0 saturated heterocycles. The zero-order valence-electron chi connectivity index (χ0n) is 16.7. The predicted octanol–water partition coefficient (Wildman–Crippen LogP) is 3.65. The number of carbonyl (C=O) groups is 1. The van der Waals surface area contributed by atoms with Gasteiger partial charge in [0.2, 0.25) is 17.6 Å². The maximum absolute atomic E-state index is 12.2. The molecule has 0 N–H and O–H groups in total. The lowest BCUT2D eigenvalue weighted by molar-refractivity contribution is -0.384. The molecular formula is C21H21N5O4. The summed E-state index contributed by atoms with van der Waals surface area (Å²) >= 11 is 0. The van der Waals surface area contributed by atoms with E-state index in [1.54, 1.807) is 24.0 Å². The van der Waals surface area contributed by atoms with E-state index >= 15 is 0 Å². The highest BCUT2D eigenvalue weighted by Crippen LogP contribution is 2.34. The summed E-state index contributed by atoms with van der Waals surface area (Å²) in [7, 11) is 0. The largest absolute Gasteiger partial charge is 0.360 e. The highest BCUT2D eigenvalue weighted by atomic mass is 16.6. The quantitative estimate of drug-likeness (QED) is 0.480. The lowest BCUT2D eigenvalue weighted by Crippen LogP contribution is -2.33. The van der Waals surface area contributed by atoms with E-state index in [2.05, 4.69) is 22.0 Å². The van der Waals surface area contributed by atoms with Gasteiger partial charge in [-0.2, -0.15) is 4.98 Å². The topological polar surface area (TPSA) is 106 Å². The number of nitro groups is 1. The van der Waals surface area contributed by atoms with Crippen molar-refractivity contribution in [2.45, 2.75) is 20.4 Å². The van der Waals surface area contributed by atoms with Crippen molar-refractivity contribution in [2.24, 2.45) is 5.92 Å². The summed E-state index contributed by atoms with van der Waals surface area (Å²) in [5, 5.41) is 14.8. The third-order valence-corrected chi connectivity index (χ3v) is 5.05. The van der Waals surface area contributed by atoms with Gasteiger partial charge in [0.1, 0.15) is 0 Å². The van der Waals surface area contributed by atoms with Gasteiger partial charge in [0.05, 0.1) is 22.8 Å². The number of carbonyl (C=O) groups excluding carboxylic acids is 1. The molecule has 0 radical (unpaired) electrons. The van der Waals surface area contributed by atoms with Crippen LogP contribution in [0.5, 0.6) is 0 Å². The van der Waals surface area contributed by atoms with Crippen molar-refractivity contribution >= 4 is 23.0 Å². The molecule has 1 aliphatic rings. The van der Waals surface area contributed by atoms with Crippen LogP contribution in [0.2, 0.25) is 0 Å². The molecule has 154 valence electrons. The average Bonchev–Trinajstić information content (AvgIpc) is 3.14. The Morgan fingerprint density at radius 2 is 1.87 bits per heavy atom. The van der Waals surface area contributed by atoms with Gasteiger partial charge in [0.25, 0.3) is 5.69 Å². The van der Waals surface area contributed by atoms with Gasteiger partial charge in [-0.15, -0.1) is 0 Å². The fourth-order valence-electron chi connectivity index (χ4n) is 3.68. The second kappa shape index (κ2) is 7.94. The number of non-ortho nitro benzene ring substituents is 1. The van der Waals surface area contributed by atoms with Gasteiger partial charge >= 0.3 is 0 Å². The first kappa shape index (κ1) is 19.6. The number of aromatic nitrogens is 2. The van der Waals surface area contributed by atoms with Crippen molar-refractivity contribution in [1.82, 2.24) is 10.1 Å². The summed E-state index contributed by atoms with van der Waals surface area (Å²) in [6.45, 7) is 5.45. The molecule has 0 saturated carbocycles. The van der Waals surface area contributed by atoms with E-state index in [1.165, 1.54) is 12.1 Å². The van der Waals surface area contributed by atoms with Crippen molar-refractivity contribution in [3.8, 4) is 11.4 Å². The van der Waals surface area contributed by atoms with E-state index in [0.717, 1.165) is 17.9 Å². The minimum absolute atomic E-state index is 0.00709. The third kappa shape index (κ3) is 3.86. The first-order valence-corrected chi connectivity index (χ1v) is 9.62. The summed E-state index contributed by atoms with van der Waals surface area (Å²) in [5.74, 6) is 1.07. The van der Waals surface area contributed by atoms with Crippen LogP contribution in [-0.4, -0.2) is 34.1 Å². The lowest BCUT2D eigenvalue weighted by Gasteiger charge is -2.25. The van der Waals surface area contributed by atoms with E-state index in [4.69, 9.17) is 4.52 Å². The van der Waals surface area contributed by atoms with Crippen molar-refractivity contribution < 1.29 is 14.2 Å². The number of anilines is 2. The maximum Gasteiger partial charge on any atom is 0.269 e. The molecule has 2 aromatic carbocycles. The molecule has 0 unspecified atom stereocenters. The molecule has 0 bridgehead atoms. The molecule has 1 aliphatic heterocycles. The van der Waals surface area contributed by atoms with E-state index < -0.39 is 4.92 Å². The summed E-state index contributed by atoms with van der Waals surface area (Å²) < 4.78 is 5.45. The van der Waals surface area contributed by atoms with Crippen LogP contribution in [0.4, 0.5) is 17.1 Å². The predicted molar refractivity (Wildman–Crippen MR) is 111 cm³/mol. The molecule has 2 heterocycles. The summed E-state index contributed by atoms with van der Waals surface area (Å²) in [5.41, 5.74) is 2.45. The number of hydrogen-bond acceptors (Lipinski definition) is 7. The number of benzene rings is 2. The van der Waals surface area contributed by atoms with Crippen molar-refractivity contribution in [3.63, 3.8) is 0 Å². The van der Waals surface area contributed by atoms with E-state index in [1.807, 2.05) is 24.3 Å². The van der Waals surface area contributed by atoms with Crippen LogP contribution < -0.4 is 9.80 Å². The number of rotatable bonds is 4. The van der Waals surface area contributed by atoms with Crippen molar-refractivity contribution in [1.29, 1.82) is 0 Å². The van der Waals surface area contributed by atoms with Gasteiger partial charge in [0.15, 0.2) is 0 Å². The molecule has 9 heteroatoms. The Bertz CT molecular complexity index is 1080. The van der Waals surface area contributed by atoms with Crippen molar-refractivity contribution in [3.05, 3.63) is 64.5 Å². The summed E-state index contributed by atoms with van der Waals surface area (Å²) in [6, 6.07) is 13.8. The number of para-hydroxylation sites is 2. The Balaban J connectivity index is 1.60. The molecule has 9 nitrogen and oxygen atoms in total. The number of amides is 1. The first-order chi connectivity index (χ1) is 14.4. The molecule has 1 amide bonds. The summed E-state index contributed by atoms with van der Waals surface area (Å²) in [4.78, 5) is 30.9. The number of nitrogens with zero attached hydrogens (tertiary/aromatic N) is 5. The third-order valence-electron chi connectivity index (χ3n) is 5.05. The number of nitro benzene ring substituents is 1. The molecule has 3 aromatic rings. The lowest BCUT2D eigenvalue weighted by atomic mass is 10.1. The Morgan fingerprint density at radius 1 is 1.17 bits per heavy atom. The van der Waals surface area contributed by atoms with Crippen LogP contribution in [-0.2, 0) is 11.3 Å². The Kier molecular flexibility index (Phi) is 5.18. The van der Waals surface area contributed by atoms with Crippen LogP contribution in [0.15, 0.2) is 53.1 Å². The van der Waals surface area contributed by atoms with E-state index in [-0.39, 0.29) is 17.5 Å². The monoisotopic (exact) mass is 407 g/mol. The smallest absolute Gasteiger partial charge is 0.269 e. The van der Waals surface area contributed by atoms with Gasteiger partial charge in [-0.1, -0.05) is 24.2 Å². The molecule has 1 aromatic heterocycles. The molecular weight excluding hydrogens is 386 g/mol. The molecule has 30 heavy (non-hydrogen) atoms. The van der Waals surface area contributed by atoms with E-state index in [0.29, 0.717) is 30.4 Å². The van der Waals surface area contributed by atoms with Gasteiger partial charge in [-0.05, 0) is 30.2 Å². The van der Waals surface area contributed by atoms with Crippen LogP contribution in [0.3, 0.4) is 0 Å². The first-order valence-electron chi connectivity index (χ1n) is 9.62. The van der Waals surface area contributed by atoms with Crippen LogP contribution in [0.25, 0.3) is 11.4 Å². The normalized spacial score (nSPS) is 16.1. The zero-order valence-corrected chi connectivity index (χ0v) is 16.7. The van der Waals surface area contributed by atoms with Gasteiger partial charge in [0, 0.05) is 37.7 Å². The highest BCUT2D eigenvalue weighted by molar-refractivity contribution is 5.95. The van der Waals surface area contributed by atoms with Gasteiger partial charge < -0.3 is 14.3 Å². The SMILES string of the molecule is CC(=O)N1C[C@@H](C)CN(Cc2nc(-c3ccc([N+](=O)[O-])cc3)no2)c2ccccc21. The van der Waals surface area contributed by atoms with Crippen LogP contribution >= 0.6 is 0 Å². The fraction of sp³-hybridized carbons (Fsp3) is 0.286. The summed E-state index contributed by atoms with van der Waals surface area (Å²) in [6.07, 6.45) is 0. The maximum atomic E-state index is 12.2. The van der Waals surface area contributed by atoms with Crippen LogP contribution in [0.1, 0.15) is 19.7 Å². The van der Waals surface area contributed by atoms with Crippen molar-refractivity contribution in [2.75, 3.05) is 22.9 Å². The molecule has 4 rings (SSSR count). The Hall–Kier alpha value is -3.75. The standard InChI is InChI=1S/C21H21N5O4/c1-14-11-24(18-5-3-4-6-19(18)25(12-14)15(2)27)13-20-22-21(23-30-20)16-7-9-17(10-8-16)26(28)29/h3-10,14H,11-13H2,1-2H3/t14-/m0/s1. The van der Waals surface area contributed by atoms with Gasteiger partial charge in [-0.25, -0.2) is 0 Å². The Morgan fingerprint density at radius 3 is 2.53 bits per heavy atom. The van der Waals surface area contributed by atoms with E-state index in [9.17, 15) is 14.9 Å². The Labute approximate surface area is 173 Å². The highest BCUT2D eigenvalue weighted by Gasteiger charge is 2.27. The number of fused-ring (bicyclic) bond motifs is 1. The zero-order chi connectivity index (χ0) is 21.3. The fourth-order valence-corrected chi connectivity index (χ4v) is 3.68. The minimum atomic E-state index is -0.451. The average molecular weight is 407 g/mol. The number of hydrogen-bond donors (Lipinski definition) is 0. The molecule has 0 fully saturated rings.